The van der Waals surface area contributed by atoms with Crippen LogP contribution in [0.15, 0.2) is 24.3 Å². The van der Waals surface area contributed by atoms with E-state index in [4.69, 9.17) is 10.5 Å². The lowest BCUT2D eigenvalue weighted by Gasteiger charge is -2.16. The number of hydrogen-bond acceptors (Lipinski definition) is 3. The molecule has 0 heterocycles. The lowest BCUT2D eigenvalue weighted by atomic mass is 9.92. The second kappa shape index (κ2) is 5.71. The minimum Gasteiger partial charge on any atom is -0.496 e. The Morgan fingerprint density at radius 3 is 2.55 bits per heavy atom. The number of rotatable bonds is 2. The molecule has 0 bridgehead atoms. The summed E-state index contributed by atoms with van der Waals surface area (Å²) in [5, 5.41) is 9.20. The fourth-order valence-corrected chi connectivity index (χ4v) is 3.00. The predicted octanol–water partition coefficient (Wildman–Crippen LogP) is 4.04. The highest BCUT2D eigenvalue weighted by molar-refractivity contribution is 14.1. The summed E-state index contributed by atoms with van der Waals surface area (Å²) in [6.45, 7) is 4.04. The van der Waals surface area contributed by atoms with E-state index in [-0.39, 0.29) is 0 Å². The van der Waals surface area contributed by atoms with Crippen molar-refractivity contribution in [2.45, 2.75) is 13.8 Å². The normalized spacial score (nSPS) is 10.2. The van der Waals surface area contributed by atoms with Gasteiger partial charge in [-0.25, -0.2) is 0 Å². The number of anilines is 1. The highest BCUT2D eigenvalue weighted by Crippen LogP contribution is 2.38. The van der Waals surface area contributed by atoms with Crippen molar-refractivity contribution < 1.29 is 4.74 Å². The van der Waals surface area contributed by atoms with Gasteiger partial charge in [0.2, 0.25) is 0 Å². The molecule has 2 aromatic carbocycles. The molecule has 0 aliphatic rings. The average molecular weight is 378 g/mol. The van der Waals surface area contributed by atoms with E-state index in [1.54, 1.807) is 13.2 Å². The van der Waals surface area contributed by atoms with E-state index in [0.717, 1.165) is 31.6 Å². The van der Waals surface area contributed by atoms with Gasteiger partial charge in [-0.2, -0.15) is 5.26 Å². The van der Waals surface area contributed by atoms with Gasteiger partial charge in [0.25, 0.3) is 0 Å². The summed E-state index contributed by atoms with van der Waals surface area (Å²) in [5.41, 5.74) is 11.3. The maximum absolute atomic E-state index is 9.20. The number of halogens is 1. The largest absolute Gasteiger partial charge is 0.496 e. The van der Waals surface area contributed by atoms with Gasteiger partial charge >= 0.3 is 0 Å². The molecular weight excluding hydrogens is 363 g/mol. The Morgan fingerprint density at radius 2 is 1.95 bits per heavy atom. The molecule has 0 fully saturated rings. The quantitative estimate of drug-likeness (QED) is 0.634. The first-order valence-corrected chi connectivity index (χ1v) is 7.21. The van der Waals surface area contributed by atoms with Gasteiger partial charge in [-0.15, -0.1) is 0 Å². The minimum atomic E-state index is 0.508. The van der Waals surface area contributed by atoms with Crippen LogP contribution < -0.4 is 10.5 Å². The molecule has 0 saturated heterocycles. The molecule has 102 valence electrons. The molecule has 0 atom stereocenters. The zero-order valence-corrected chi connectivity index (χ0v) is 13.8. The van der Waals surface area contributed by atoms with Crippen molar-refractivity contribution in [3.8, 4) is 22.9 Å². The number of aryl methyl sites for hydroxylation is 1. The van der Waals surface area contributed by atoms with Crippen LogP contribution in [0.2, 0.25) is 0 Å². The number of nitrogen functional groups attached to an aromatic ring is 1. The minimum absolute atomic E-state index is 0.508. The van der Waals surface area contributed by atoms with Crippen LogP contribution >= 0.6 is 22.6 Å². The van der Waals surface area contributed by atoms with E-state index in [1.165, 1.54) is 0 Å². The second-order valence-corrected chi connectivity index (χ2v) is 5.86. The van der Waals surface area contributed by atoms with Gasteiger partial charge in [-0.05, 0) is 71.3 Å². The van der Waals surface area contributed by atoms with Crippen LogP contribution in [0.3, 0.4) is 0 Å². The van der Waals surface area contributed by atoms with E-state index >= 15 is 0 Å². The second-order valence-electron chi connectivity index (χ2n) is 4.61. The third-order valence-corrected chi connectivity index (χ3v) is 4.00. The van der Waals surface area contributed by atoms with Crippen molar-refractivity contribution in [3.05, 3.63) is 44.5 Å². The van der Waals surface area contributed by atoms with Gasteiger partial charge in [0.15, 0.2) is 0 Å². The number of nitrogens with two attached hydrogens (primary N) is 1. The van der Waals surface area contributed by atoms with Crippen LogP contribution in [-0.4, -0.2) is 7.11 Å². The summed E-state index contributed by atoms with van der Waals surface area (Å²) in [7, 11) is 1.65. The van der Waals surface area contributed by atoms with Gasteiger partial charge in [0, 0.05) is 9.13 Å². The van der Waals surface area contributed by atoms with E-state index in [2.05, 4.69) is 28.7 Å². The van der Waals surface area contributed by atoms with Gasteiger partial charge < -0.3 is 10.5 Å². The summed E-state index contributed by atoms with van der Waals surface area (Å²) in [5.74, 6) is 0.822. The first-order valence-electron chi connectivity index (χ1n) is 6.13. The van der Waals surface area contributed by atoms with Crippen LogP contribution in [0.25, 0.3) is 11.1 Å². The number of nitriles is 1. The summed E-state index contributed by atoms with van der Waals surface area (Å²) in [6, 6.07) is 9.91. The first-order chi connectivity index (χ1) is 9.49. The summed E-state index contributed by atoms with van der Waals surface area (Å²) in [4.78, 5) is 0. The molecule has 0 saturated carbocycles. The smallest absolute Gasteiger partial charge is 0.122 e. The number of hydrogen-bond donors (Lipinski definition) is 1. The molecule has 0 aliphatic carbocycles. The van der Waals surface area contributed by atoms with E-state index in [0.29, 0.717) is 11.3 Å². The third-order valence-electron chi connectivity index (χ3n) is 3.38. The predicted molar refractivity (Wildman–Crippen MR) is 89.7 cm³/mol. The van der Waals surface area contributed by atoms with Gasteiger partial charge in [-0.3, -0.25) is 0 Å². The summed E-state index contributed by atoms with van der Waals surface area (Å²) < 4.78 is 6.37. The van der Waals surface area contributed by atoms with Crippen LogP contribution in [0, 0.1) is 28.7 Å². The highest BCUT2D eigenvalue weighted by atomic mass is 127. The Hall–Kier alpha value is -1.74. The topological polar surface area (TPSA) is 59.0 Å². The van der Waals surface area contributed by atoms with Crippen LogP contribution in [0.1, 0.15) is 16.7 Å². The Balaban J connectivity index is 2.82. The zero-order valence-electron chi connectivity index (χ0n) is 11.6. The lowest BCUT2D eigenvalue weighted by molar-refractivity contribution is 0.412. The summed E-state index contributed by atoms with van der Waals surface area (Å²) >= 11 is 2.20. The average Bonchev–Trinajstić information content (AvgIpc) is 2.42. The van der Waals surface area contributed by atoms with Crippen LogP contribution in [0.4, 0.5) is 5.69 Å². The van der Waals surface area contributed by atoms with Crippen molar-refractivity contribution >= 4 is 28.3 Å². The van der Waals surface area contributed by atoms with E-state index in [9.17, 15) is 5.26 Å². The van der Waals surface area contributed by atoms with Gasteiger partial charge in [0.05, 0.1) is 18.4 Å². The molecule has 0 aliphatic heterocycles. The maximum atomic E-state index is 9.20. The number of nitrogens with zero attached hydrogens (tertiary/aromatic N) is 1. The fourth-order valence-electron chi connectivity index (χ4n) is 2.38. The molecule has 0 aromatic heterocycles. The molecule has 2 rings (SSSR count). The van der Waals surface area contributed by atoms with Crippen molar-refractivity contribution in [3.63, 3.8) is 0 Å². The molecule has 0 spiro atoms. The Kier molecular flexibility index (Phi) is 4.19. The fraction of sp³-hybridized carbons (Fsp3) is 0.188. The zero-order chi connectivity index (χ0) is 14.9. The SMILES string of the molecule is COc1ccc(C)c(-c2cc(I)cc(C#N)c2N)c1C. The maximum Gasteiger partial charge on any atom is 0.122 e. The van der Waals surface area contributed by atoms with Crippen molar-refractivity contribution in [1.82, 2.24) is 0 Å². The number of benzene rings is 2. The Morgan fingerprint density at radius 1 is 1.25 bits per heavy atom. The Labute approximate surface area is 132 Å². The van der Waals surface area contributed by atoms with Gasteiger partial charge in [-0.1, -0.05) is 6.07 Å². The number of methoxy groups -OCH3 is 1. The molecule has 2 aromatic rings. The van der Waals surface area contributed by atoms with Crippen molar-refractivity contribution in [2.75, 3.05) is 12.8 Å². The van der Waals surface area contributed by atoms with Crippen LogP contribution in [-0.2, 0) is 0 Å². The lowest BCUT2D eigenvalue weighted by Crippen LogP contribution is -2.00. The monoisotopic (exact) mass is 378 g/mol. The molecule has 0 unspecified atom stereocenters. The molecule has 4 heteroatoms. The van der Waals surface area contributed by atoms with E-state index in [1.807, 2.05) is 32.0 Å². The molecular formula is C16H15IN2O. The molecule has 20 heavy (non-hydrogen) atoms. The molecule has 3 nitrogen and oxygen atoms in total. The standard InChI is InChI=1S/C16H15IN2O/c1-9-4-5-14(20-3)10(2)15(9)13-7-12(17)6-11(8-18)16(13)19/h4-7H,19H2,1-3H3. The van der Waals surface area contributed by atoms with E-state index < -0.39 is 0 Å². The van der Waals surface area contributed by atoms with Crippen molar-refractivity contribution in [1.29, 1.82) is 5.26 Å². The van der Waals surface area contributed by atoms with Gasteiger partial charge in [0.1, 0.15) is 11.8 Å². The molecule has 0 radical (unpaired) electrons. The van der Waals surface area contributed by atoms with Crippen LogP contribution in [0.5, 0.6) is 5.75 Å². The first kappa shape index (κ1) is 14.7. The molecule has 2 N–H and O–H groups in total. The third kappa shape index (κ3) is 2.46. The molecule has 0 amide bonds. The summed E-state index contributed by atoms with van der Waals surface area (Å²) in [6.07, 6.45) is 0. The Bertz CT molecular complexity index is 717. The number of ether oxygens (including phenoxy) is 1. The van der Waals surface area contributed by atoms with Crippen molar-refractivity contribution in [2.24, 2.45) is 0 Å². The highest BCUT2D eigenvalue weighted by Gasteiger charge is 2.15.